The molecule has 0 heterocycles. The second kappa shape index (κ2) is 12.0. The average molecular weight is 359 g/mol. The minimum Gasteiger partial charge on any atom is -0.399 e. The van der Waals surface area contributed by atoms with Gasteiger partial charge in [-0.15, -0.1) is 18.6 Å². The first-order chi connectivity index (χ1) is 11.2. The fraction of sp³-hybridized carbons (Fsp3) is 0. The lowest BCUT2D eigenvalue weighted by molar-refractivity contribution is -0.195. The standard InChI is InChI=1S/C6H9N3O2S.C6H8N2O2S/c7-9-5-1-3-6(4-2-5)12-11-10-8;7-5-1-3-6(4-2-5)11-10-9-8/h1-4,9H,7-8H2;1-4H,7-8H2. The summed E-state index contributed by atoms with van der Waals surface area (Å²) in [6.45, 7) is 0. The van der Waals surface area contributed by atoms with Crippen LogP contribution in [0, 0.1) is 0 Å². The van der Waals surface area contributed by atoms with E-state index in [1.807, 2.05) is 24.3 Å². The molecule has 0 unspecified atom stereocenters. The molecule has 0 saturated heterocycles. The Kier molecular flexibility index (Phi) is 10.1. The summed E-state index contributed by atoms with van der Waals surface area (Å²) in [5.74, 6) is 14.5. The third-order valence-corrected chi connectivity index (χ3v) is 3.46. The normalized spacial score (nSPS) is 9.87. The molecule has 126 valence electrons. The zero-order valence-corrected chi connectivity index (χ0v) is 13.5. The van der Waals surface area contributed by atoms with E-state index in [2.05, 4.69) is 35.9 Å². The van der Waals surface area contributed by atoms with E-state index in [4.69, 9.17) is 11.6 Å². The van der Waals surface area contributed by atoms with Crippen molar-refractivity contribution in [2.45, 2.75) is 9.79 Å². The van der Waals surface area contributed by atoms with Gasteiger partial charge in [0, 0.05) is 21.2 Å². The maximum absolute atomic E-state index is 5.45. The predicted octanol–water partition coefficient (Wildman–Crippen LogP) is 1.90. The minimum absolute atomic E-state index is 0.711. The van der Waals surface area contributed by atoms with Gasteiger partial charge >= 0.3 is 0 Å². The summed E-state index contributed by atoms with van der Waals surface area (Å²) in [6, 6.07) is 14.4. The molecule has 0 saturated carbocycles. The van der Waals surface area contributed by atoms with E-state index in [0.29, 0.717) is 5.69 Å². The highest BCUT2D eigenvalue weighted by Crippen LogP contribution is 2.20. The monoisotopic (exact) mass is 359 g/mol. The summed E-state index contributed by atoms with van der Waals surface area (Å²) < 4.78 is 8.85. The van der Waals surface area contributed by atoms with E-state index in [1.165, 1.54) is 0 Å². The van der Waals surface area contributed by atoms with Crippen molar-refractivity contribution >= 4 is 35.5 Å². The molecule has 0 fully saturated rings. The van der Waals surface area contributed by atoms with Gasteiger partial charge in [0.25, 0.3) is 0 Å². The molecule has 2 rings (SSSR count). The van der Waals surface area contributed by atoms with E-state index >= 15 is 0 Å². The predicted molar refractivity (Wildman–Crippen MR) is 89.5 cm³/mol. The average Bonchev–Trinajstić information content (AvgIpc) is 2.60. The lowest BCUT2D eigenvalue weighted by atomic mass is 10.3. The molecule has 0 aliphatic rings. The maximum Gasteiger partial charge on any atom is 0.0702 e. The molecule has 9 nitrogen and oxygen atoms in total. The highest BCUT2D eigenvalue weighted by atomic mass is 32.2. The van der Waals surface area contributed by atoms with E-state index < -0.39 is 0 Å². The number of hydrogen-bond acceptors (Lipinski definition) is 11. The van der Waals surface area contributed by atoms with Crippen molar-refractivity contribution in [1.29, 1.82) is 0 Å². The van der Waals surface area contributed by atoms with Crippen LogP contribution in [0.2, 0.25) is 0 Å². The van der Waals surface area contributed by atoms with Crippen LogP contribution in [0.25, 0.3) is 0 Å². The van der Waals surface area contributed by atoms with Crippen molar-refractivity contribution < 1.29 is 18.6 Å². The van der Waals surface area contributed by atoms with Crippen LogP contribution in [-0.2, 0) is 18.6 Å². The van der Waals surface area contributed by atoms with Crippen LogP contribution in [0.4, 0.5) is 11.4 Å². The third kappa shape index (κ3) is 8.61. The van der Waals surface area contributed by atoms with Gasteiger partial charge in [-0.1, -0.05) is 0 Å². The topological polar surface area (TPSA) is 153 Å². The van der Waals surface area contributed by atoms with Crippen molar-refractivity contribution in [2.75, 3.05) is 11.2 Å². The number of anilines is 2. The molecule has 11 heteroatoms. The van der Waals surface area contributed by atoms with Gasteiger partial charge in [-0.05, 0) is 48.5 Å². The number of nitrogen functional groups attached to an aromatic ring is 2. The van der Waals surface area contributed by atoms with Crippen molar-refractivity contribution in [2.24, 2.45) is 17.6 Å². The van der Waals surface area contributed by atoms with E-state index in [1.54, 1.807) is 24.3 Å². The maximum atomic E-state index is 5.45. The first-order valence-electron chi connectivity index (χ1n) is 6.02. The summed E-state index contributed by atoms with van der Waals surface area (Å²) in [7, 11) is 0. The molecule has 0 atom stereocenters. The molecule has 23 heavy (non-hydrogen) atoms. The Bertz CT molecular complexity index is 544. The smallest absolute Gasteiger partial charge is 0.0702 e. The fourth-order valence-electron chi connectivity index (χ4n) is 1.25. The molecule has 0 spiro atoms. The van der Waals surface area contributed by atoms with Crippen LogP contribution in [0.15, 0.2) is 58.3 Å². The highest BCUT2D eigenvalue weighted by Gasteiger charge is 1.94. The van der Waals surface area contributed by atoms with E-state index in [0.717, 1.165) is 39.6 Å². The van der Waals surface area contributed by atoms with Gasteiger partial charge in [-0.2, -0.15) is 11.8 Å². The minimum atomic E-state index is 0.711. The second-order valence-electron chi connectivity index (χ2n) is 3.73. The molecule has 0 aliphatic heterocycles. The van der Waals surface area contributed by atoms with Gasteiger partial charge in [0.2, 0.25) is 0 Å². The number of hydrazine groups is 1. The summed E-state index contributed by atoms with van der Waals surface area (Å²) in [6.07, 6.45) is 0. The van der Waals surface area contributed by atoms with E-state index in [-0.39, 0.29) is 0 Å². The van der Waals surface area contributed by atoms with Crippen molar-refractivity contribution in [3.05, 3.63) is 48.5 Å². The van der Waals surface area contributed by atoms with Crippen LogP contribution >= 0.6 is 24.1 Å². The molecule has 0 bridgehead atoms. The molecule has 0 aromatic heterocycles. The number of rotatable bonds is 7. The van der Waals surface area contributed by atoms with E-state index in [9.17, 15) is 0 Å². The zero-order chi connectivity index (χ0) is 16.9. The Labute approximate surface area is 141 Å². The molecular weight excluding hydrogens is 342 g/mol. The Balaban J connectivity index is 0.000000231. The van der Waals surface area contributed by atoms with Gasteiger partial charge in [-0.25, -0.2) is 0 Å². The van der Waals surface area contributed by atoms with Crippen LogP contribution in [-0.4, -0.2) is 0 Å². The van der Waals surface area contributed by atoms with Gasteiger partial charge in [0.05, 0.1) is 24.1 Å². The third-order valence-electron chi connectivity index (χ3n) is 2.24. The molecule has 2 aromatic carbocycles. The lowest BCUT2D eigenvalue weighted by Crippen LogP contribution is -2.05. The SMILES string of the molecule is NNc1ccc(SOON)cc1.NOOSc1ccc(N)cc1. The summed E-state index contributed by atoms with van der Waals surface area (Å²) in [5, 5.41) is 0. The summed E-state index contributed by atoms with van der Waals surface area (Å²) >= 11 is 2.05. The summed E-state index contributed by atoms with van der Waals surface area (Å²) in [5.41, 5.74) is 9.49. The van der Waals surface area contributed by atoms with Crippen molar-refractivity contribution in [1.82, 2.24) is 0 Å². The molecule has 0 amide bonds. The first kappa shape index (κ1) is 19.5. The fourth-order valence-corrected chi connectivity index (χ4v) is 1.98. The molecule has 0 aliphatic carbocycles. The number of nitrogens with two attached hydrogens (primary N) is 4. The van der Waals surface area contributed by atoms with Crippen LogP contribution < -0.4 is 28.8 Å². The number of benzene rings is 2. The van der Waals surface area contributed by atoms with Crippen LogP contribution in [0.1, 0.15) is 0 Å². The Hall–Kier alpha value is -1.54. The highest BCUT2D eigenvalue weighted by molar-refractivity contribution is 7.94. The van der Waals surface area contributed by atoms with Gasteiger partial charge in [-0.3, -0.25) is 5.84 Å². The summed E-state index contributed by atoms with van der Waals surface area (Å²) in [4.78, 5) is 9.59. The van der Waals surface area contributed by atoms with Crippen LogP contribution in [0.5, 0.6) is 0 Å². The molecular formula is C12H17N5O4S2. The molecule has 2 aromatic rings. The molecule has 9 N–H and O–H groups in total. The zero-order valence-electron chi connectivity index (χ0n) is 11.9. The first-order valence-corrected chi connectivity index (χ1v) is 7.50. The number of hydrogen-bond donors (Lipinski definition) is 5. The number of nitrogens with one attached hydrogen (secondary N) is 1. The Morgan fingerprint density at radius 1 is 0.739 bits per heavy atom. The second-order valence-corrected chi connectivity index (χ2v) is 5.28. The van der Waals surface area contributed by atoms with Gasteiger partial charge < -0.3 is 11.2 Å². The molecule has 0 radical (unpaired) electrons. The lowest BCUT2D eigenvalue weighted by Gasteiger charge is -2.00. The Morgan fingerprint density at radius 2 is 1.17 bits per heavy atom. The van der Waals surface area contributed by atoms with Gasteiger partial charge in [0.1, 0.15) is 0 Å². The van der Waals surface area contributed by atoms with Gasteiger partial charge in [0.15, 0.2) is 0 Å². The van der Waals surface area contributed by atoms with Crippen molar-refractivity contribution in [3.8, 4) is 0 Å². The Morgan fingerprint density at radius 3 is 1.57 bits per heavy atom. The van der Waals surface area contributed by atoms with Crippen LogP contribution in [0.3, 0.4) is 0 Å². The van der Waals surface area contributed by atoms with Crippen molar-refractivity contribution in [3.63, 3.8) is 0 Å². The quantitative estimate of drug-likeness (QED) is 0.162. The largest absolute Gasteiger partial charge is 0.399 e.